The summed E-state index contributed by atoms with van der Waals surface area (Å²) in [6.07, 6.45) is 4.78. The molecule has 1 fully saturated rings. The van der Waals surface area contributed by atoms with Gasteiger partial charge in [-0.3, -0.25) is 9.79 Å². The van der Waals surface area contributed by atoms with Crippen LogP contribution in [-0.2, 0) is 4.74 Å². The Bertz CT molecular complexity index is 663. The Labute approximate surface area is 171 Å². The molecule has 0 bridgehead atoms. The fraction of sp³-hybridized carbons (Fsp3) is 0.579. The predicted molar refractivity (Wildman–Crippen MR) is 111 cm³/mol. The molecule has 0 heterocycles. The maximum absolute atomic E-state index is 12.1. The molecule has 0 aliphatic heterocycles. The maximum Gasteiger partial charge on any atom is 0.251 e. The van der Waals surface area contributed by atoms with Crippen molar-refractivity contribution in [3.63, 3.8) is 0 Å². The molecule has 6 nitrogen and oxygen atoms in total. The Morgan fingerprint density at radius 2 is 1.93 bits per heavy atom. The number of amides is 1. The van der Waals surface area contributed by atoms with Gasteiger partial charge in [-0.25, -0.2) is 0 Å². The highest BCUT2D eigenvalue weighted by molar-refractivity contribution is 6.42. The highest BCUT2D eigenvalue weighted by Gasteiger charge is 2.36. The lowest BCUT2D eigenvalue weighted by atomic mass is 9.67. The summed E-state index contributed by atoms with van der Waals surface area (Å²) in [7, 11) is 3.48. The van der Waals surface area contributed by atoms with Crippen LogP contribution in [0.2, 0.25) is 10.0 Å². The molecule has 0 saturated heterocycles. The smallest absolute Gasteiger partial charge is 0.251 e. The van der Waals surface area contributed by atoms with Gasteiger partial charge in [-0.05, 0) is 42.9 Å². The quantitative estimate of drug-likeness (QED) is 0.329. The zero-order valence-corrected chi connectivity index (χ0v) is 17.4. The van der Waals surface area contributed by atoms with Gasteiger partial charge in [-0.15, -0.1) is 0 Å². The summed E-state index contributed by atoms with van der Waals surface area (Å²) >= 11 is 11.8. The van der Waals surface area contributed by atoms with E-state index in [1.54, 1.807) is 32.4 Å². The Kier molecular flexibility index (Phi) is 8.67. The van der Waals surface area contributed by atoms with E-state index < -0.39 is 0 Å². The van der Waals surface area contributed by atoms with Gasteiger partial charge in [0.05, 0.1) is 10.0 Å². The molecule has 1 aliphatic rings. The van der Waals surface area contributed by atoms with Crippen LogP contribution >= 0.6 is 23.2 Å². The largest absolute Gasteiger partial charge is 0.385 e. The number of aliphatic imine (C=N–C) groups is 1. The van der Waals surface area contributed by atoms with Gasteiger partial charge in [0.25, 0.3) is 5.91 Å². The molecule has 0 aromatic heterocycles. The number of benzene rings is 1. The van der Waals surface area contributed by atoms with Gasteiger partial charge in [0.1, 0.15) is 0 Å². The molecule has 150 valence electrons. The Balaban J connectivity index is 1.70. The number of carbonyl (C=O) groups excluding carboxylic acids is 1. The summed E-state index contributed by atoms with van der Waals surface area (Å²) < 4.78 is 5.23. The number of hydrogen-bond acceptors (Lipinski definition) is 3. The van der Waals surface area contributed by atoms with Crippen molar-refractivity contribution in [3.05, 3.63) is 33.8 Å². The molecular formula is C19H28Cl2N4O2. The summed E-state index contributed by atoms with van der Waals surface area (Å²) in [5.74, 6) is 0.550. The normalized spacial score (nSPS) is 15.8. The predicted octanol–water partition coefficient (Wildman–Crippen LogP) is 3.10. The number of nitrogens with zero attached hydrogens (tertiary/aromatic N) is 1. The Morgan fingerprint density at radius 1 is 1.19 bits per heavy atom. The number of hydrogen-bond donors (Lipinski definition) is 3. The van der Waals surface area contributed by atoms with Crippen LogP contribution in [0.5, 0.6) is 0 Å². The van der Waals surface area contributed by atoms with Gasteiger partial charge >= 0.3 is 0 Å². The van der Waals surface area contributed by atoms with Gasteiger partial charge < -0.3 is 20.7 Å². The van der Waals surface area contributed by atoms with Crippen LogP contribution < -0.4 is 16.0 Å². The first-order chi connectivity index (χ1) is 13.0. The van der Waals surface area contributed by atoms with Crippen molar-refractivity contribution >= 4 is 35.1 Å². The zero-order valence-electron chi connectivity index (χ0n) is 15.9. The van der Waals surface area contributed by atoms with Crippen molar-refractivity contribution in [1.82, 2.24) is 16.0 Å². The van der Waals surface area contributed by atoms with Crippen LogP contribution in [0.25, 0.3) is 0 Å². The molecule has 1 aromatic carbocycles. The van der Waals surface area contributed by atoms with Gasteiger partial charge in [0.15, 0.2) is 5.96 Å². The summed E-state index contributed by atoms with van der Waals surface area (Å²) in [5.41, 5.74) is 0.798. The van der Waals surface area contributed by atoms with E-state index in [4.69, 9.17) is 27.9 Å². The van der Waals surface area contributed by atoms with Crippen molar-refractivity contribution < 1.29 is 9.53 Å². The van der Waals surface area contributed by atoms with Gasteiger partial charge in [-0.1, -0.05) is 29.6 Å². The van der Waals surface area contributed by atoms with E-state index in [9.17, 15) is 4.79 Å². The van der Waals surface area contributed by atoms with Crippen molar-refractivity contribution in [2.75, 3.05) is 40.4 Å². The third-order valence-electron chi connectivity index (χ3n) is 4.99. The SMILES string of the molecule is CN=C(NCCNC(=O)c1ccc(Cl)c(Cl)c1)NCC1(CCOC)CCC1. The first-order valence-corrected chi connectivity index (χ1v) is 9.92. The molecule has 27 heavy (non-hydrogen) atoms. The van der Waals surface area contributed by atoms with Crippen molar-refractivity contribution in [3.8, 4) is 0 Å². The summed E-state index contributed by atoms with van der Waals surface area (Å²) in [6, 6.07) is 4.82. The number of carbonyl (C=O) groups is 1. The number of guanidine groups is 1. The molecule has 1 aromatic rings. The first kappa shape index (κ1) is 21.8. The van der Waals surface area contributed by atoms with Crippen LogP contribution in [0.4, 0.5) is 0 Å². The molecule has 1 aliphatic carbocycles. The fourth-order valence-electron chi connectivity index (χ4n) is 3.10. The standard InChI is InChI=1S/C19H28Cl2N4O2/c1-22-18(25-13-19(6-3-7-19)8-11-27-2)24-10-9-23-17(26)14-4-5-15(20)16(21)12-14/h4-5,12H,3,6-11,13H2,1-2H3,(H,23,26)(H2,22,24,25). The monoisotopic (exact) mass is 414 g/mol. The van der Waals surface area contributed by atoms with E-state index in [1.807, 2.05) is 0 Å². The summed E-state index contributed by atoms with van der Waals surface area (Å²) in [6.45, 7) is 2.70. The minimum atomic E-state index is -0.189. The summed E-state index contributed by atoms with van der Waals surface area (Å²) in [5, 5.41) is 10.3. The number of rotatable bonds is 9. The second kappa shape index (κ2) is 10.7. The minimum Gasteiger partial charge on any atom is -0.385 e. The fourth-order valence-corrected chi connectivity index (χ4v) is 3.40. The lowest BCUT2D eigenvalue weighted by Gasteiger charge is -2.42. The van der Waals surface area contributed by atoms with Crippen molar-refractivity contribution in [1.29, 1.82) is 0 Å². The third-order valence-corrected chi connectivity index (χ3v) is 5.73. The number of ether oxygens (including phenoxy) is 1. The van der Waals surface area contributed by atoms with Crippen molar-refractivity contribution in [2.45, 2.75) is 25.7 Å². The number of methoxy groups -OCH3 is 1. The zero-order chi connectivity index (χ0) is 19.7. The third kappa shape index (κ3) is 6.55. The lowest BCUT2D eigenvalue weighted by molar-refractivity contribution is 0.0732. The molecule has 3 N–H and O–H groups in total. The van der Waals surface area contributed by atoms with E-state index in [1.165, 1.54) is 19.3 Å². The topological polar surface area (TPSA) is 74.8 Å². The molecule has 1 amide bonds. The van der Waals surface area contributed by atoms with E-state index in [0.29, 0.717) is 34.1 Å². The number of nitrogens with one attached hydrogen (secondary N) is 3. The molecule has 2 rings (SSSR count). The van der Waals surface area contributed by atoms with Crippen molar-refractivity contribution in [2.24, 2.45) is 10.4 Å². The molecule has 0 radical (unpaired) electrons. The second-order valence-electron chi connectivity index (χ2n) is 6.83. The van der Waals surface area contributed by atoms with Crippen LogP contribution in [0.15, 0.2) is 23.2 Å². The van der Waals surface area contributed by atoms with Crippen LogP contribution in [0.1, 0.15) is 36.0 Å². The Morgan fingerprint density at radius 3 is 2.52 bits per heavy atom. The average Bonchev–Trinajstić information content (AvgIpc) is 2.64. The number of halogens is 2. The molecular weight excluding hydrogens is 387 g/mol. The van der Waals surface area contributed by atoms with E-state index in [0.717, 1.165) is 25.5 Å². The van der Waals surface area contributed by atoms with Crippen LogP contribution in [0, 0.1) is 5.41 Å². The average molecular weight is 415 g/mol. The highest BCUT2D eigenvalue weighted by Crippen LogP contribution is 2.43. The molecule has 0 spiro atoms. The molecule has 0 unspecified atom stereocenters. The molecule has 1 saturated carbocycles. The Hall–Kier alpha value is -1.50. The van der Waals surface area contributed by atoms with Gasteiger partial charge in [0.2, 0.25) is 0 Å². The van der Waals surface area contributed by atoms with Gasteiger partial charge in [-0.2, -0.15) is 0 Å². The molecule has 0 atom stereocenters. The minimum absolute atomic E-state index is 0.189. The van der Waals surface area contributed by atoms with E-state index in [2.05, 4.69) is 20.9 Å². The first-order valence-electron chi connectivity index (χ1n) is 9.16. The van der Waals surface area contributed by atoms with E-state index in [-0.39, 0.29) is 5.91 Å². The van der Waals surface area contributed by atoms with Crippen LogP contribution in [-0.4, -0.2) is 52.3 Å². The lowest BCUT2D eigenvalue weighted by Crippen LogP contribution is -2.48. The molecule has 8 heteroatoms. The van der Waals surface area contributed by atoms with Gasteiger partial charge in [0, 0.05) is 46.0 Å². The summed E-state index contributed by atoms with van der Waals surface area (Å²) in [4.78, 5) is 16.4. The maximum atomic E-state index is 12.1. The highest BCUT2D eigenvalue weighted by atomic mass is 35.5. The van der Waals surface area contributed by atoms with E-state index >= 15 is 0 Å². The van der Waals surface area contributed by atoms with Crippen LogP contribution in [0.3, 0.4) is 0 Å². The second-order valence-corrected chi connectivity index (χ2v) is 7.65.